The van der Waals surface area contributed by atoms with Crippen LogP contribution in [0.5, 0.6) is 0 Å². The van der Waals surface area contributed by atoms with Gasteiger partial charge in [0.2, 0.25) is 0 Å². The molecule has 1 aliphatic carbocycles. The van der Waals surface area contributed by atoms with Crippen LogP contribution in [-0.2, 0) is 0 Å². The van der Waals surface area contributed by atoms with Gasteiger partial charge in [0.05, 0.1) is 0 Å². The fourth-order valence-corrected chi connectivity index (χ4v) is 2.47. The zero-order valence-electron chi connectivity index (χ0n) is 8.92. The fourth-order valence-electron chi connectivity index (χ4n) is 2.47. The maximum Gasteiger partial charge on any atom is 0.00934 e. The molecule has 2 unspecified atom stereocenters. The normalized spacial score (nSPS) is 35.3. The Bertz CT molecular complexity index is 165. The van der Waals surface area contributed by atoms with Crippen LogP contribution in [0.15, 0.2) is 0 Å². The third-order valence-electron chi connectivity index (χ3n) is 3.45. The minimum Gasteiger partial charge on any atom is -0.314 e. The van der Waals surface area contributed by atoms with Crippen LogP contribution in [-0.4, -0.2) is 37.1 Å². The van der Waals surface area contributed by atoms with Crippen LogP contribution in [0.25, 0.3) is 0 Å². The summed E-state index contributed by atoms with van der Waals surface area (Å²) < 4.78 is 0. The van der Waals surface area contributed by atoms with Crippen LogP contribution in [0.2, 0.25) is 0 Å². The lowest BCUT2D eigenvalue weighted by molar-refractivity contribution is 0.214. The molecule has 2 nitrogen and oxygen atoms in total. The Morgan fingerprint density at radius 2 is 2.08 bits per heavy atom. The van der Waals surface area contributed by atoms with E-state index in [2.05, 4.69) is 24.2 Å². The Kier molecular flexibility index (Phi) is 2.89. The van der Waals surface area contributed by atoms with Crippen molar-refractivity contribution in [2.75, 3.05) is 20.1 Å². The first-order chi connectivity index (χ1) is 6.25. The Balaban J connectivity index is 1.73. The lowest BCUT2D eigenvalue weighted by Gasteiger charge is -2.31. The standard InChI is InChI=1S/C11H22N2/c1-9-7-10(5-6-12-9)8-13(2)11-3-4-11/h9-12H,3-8H2,1-2H3. The van der Waals surface area contributed by atoms with Gasteiger partial charge in [-0.3, -0.25) is 0 Å². The molecule has 2 fully saturated rings. The van der Waals surface area contributed by atoms with Crippen molar-refractivity contribution in [1.29, 1.82) is 0 Å². The van der Waals surface area contributed by atoms with Crippen LogP contribution in [0, 0.1) is 5.92 Å². The molecule has 0 aromatic heterocycles. The summed E-state index contributed by atoms with van der Waals surface area (Å²) in [6.07, 6.45) is 5.63. The van der Waals surface area contributed by atoms with Crippen LogP contribution >= 0.6 is 0 Å². The Morgan fingerprint density at radius 3 is 2.69 bits per heavy atom. The van der Waals surface area contributed by atoms with E-state index in [1.807, 2.05) is 0 Å². The quantitative estimate of drug-likeness (QED) is 0.711. The summed E-state index contributed by atoms with van der Waals surface area (Å²) in [5.74, 6) is 0.946. The van der Waals surface area contributed by atoms with E-state index in [0.29, 0.717) is 0 Å². The highest BCUT2D eigenvalue weighted by molar-refractivity contribution is 4.85. The molecule has 13 heavy (non-hydrogen) atoms. The van der Waals surface area contributed by atoms with Gasteiger partial charge in [-0.25, -0.2) is 0 Å². The number of rotatable bonds is 3. The molecular formula is C11H22N2. The summed E-state index contributed by atoms with van der Waals surface area (Å²) in [6, 6.07) is 1.68. The monoisotopic (exact) mass is 182 g/mol. The highest BCUT2D eigenvalue weighted by atomic mass is 15.2. The van der Waals surface area contributed by atoms with Crippen molar-refractivity contribution in [2.45, 2.75) is 44.7 Å². The summed E-state index contributed by atoms with van der Waals surface area (Å²) in [5, 5.41) is 3.51. The van der Waals surface area contributed by atoms with Crippen molar-refractivity contribution in [1.82, 2.24) is 10.2 Å². The highest BCUT2D eigenvalue weighted by Crippen LogP contribution is 2.27. The molecule has 1 saturated carbocycles. The van der Waals surface area contributed by atoms with Gasteiger partial charge in [-0.05, 0) is 52.1 Å². The van der Waals surface area contributed by atoms with E-state index in [0.717, 1.165) is 18.0 Å². The van der Waals surface area contributed by atoms with E-state index in [4.69, 9.17) is 0 Å². The Hall–Kier alpha value is -0.0800. The number of nitrogens with one attached hydrogen (secondary N) is 1. The van der Waals surface area contributed by atoms with E-state index >= 15 is 0 Å². The molecule has 2 atom stereocenters. The molecule has 0 spiro atoms. The first-order valence-corrected chi connectivity index (χ1v) is 5.69. The molecular weight excluding hydrogens is 160 g/mol. The van der Waals surface area contributed by atoms with E-state index in [1.165, 1.54) is 38.8 Å². The maximum atomic E-state index is 3.51. The van der Waals surface area contributed by atoms with Crippen molar-refractivity contribution in [2.24, 2.45) is 5.92 Å². The summed E-state index contributed by atoms with van der Waals surface area (Å²) in [5.41, 5.74) is 0. The molecule has 1 heterocycles. The van der Waals surface area contributed by atoms with E-state index in [-0.39, 0.29) is 0 Å². The number of piperidine rings is 1. The summed E-state index contributed by atoms with van der Waals surface area (Å²) in [6.45, 7) is 4.87. The number of nitrogens with zero attached hydrogens (tertiary/aromatic N) is 1. The van der Waals surface area contributed by atoms with E-state index in [9.17, 15) is 0 Å². The molecule has 0 radical (unpaired) electrons. The molecule has 76 valence electrons. The lowest BCUT2D eigenvalue weighted by atomic mass is 9.93. The molecule has 0 aromatic carbocycles. The molecule has 2 heteroatoms. The van der Waals surface area contributed by atoms with E-state index in [1.54, 1.807) is 0 Å². The molecule has 0 bridgehead atoms. The third-order valence-corrected chi connectivity index (χ3v) is 3.45. The number of hydrogen-bond acceptors (Lipinski definition) is 2. The highest BCUT2D eigenvalue weighted by Gasteiger charge is 2.28. The average Bonchev–Trinajstić information content (AvgIpc) is 2.85. The zero-order valence-corrected chi connectivity index (χ0v) is 8.92. The molecule has 0 amide bonds. The average molecular weight is 182 g/mol. The minimum atomic E-state index is 0.742. The SMILES string of the molecule is CC1CC(CN(C)C2CC2)CCN1. The van der Waals surface area contributed by atoms with Crippen molar-refractivity contribution < 1.29 is 0 Å². The first-order valence-electron chi connectivity index (χ1n) is 5.69. The topological polar surface area (TPSA) is 15.3 Å². The summed E-state index contributed by atoms with van der Waals surface area (Å²) in [7, 11) is 2.30. The second-order valence-electron chi connectivity index (χ2n) is 4.92. The van der Waals surface area contributed by atoms with Gasteiger partial charge in [0.15, 0.2) is 0 Å². The predicted molar refractivity (Wildman–Crippen MR) is 55.8 cm³/mol. The minimum absolute atomic E-state index is 0.742. The fraction of sp³-hybridized carbons (Fsp3) is 1.00. The molecule has 1 saturated heterocycles. The Morgan fingerprint density at radius 1 is 1.31 bits per heavy atom. The van der Waals surface area contributed by atoms with Crippen molar-refractivity contribution in [3.8, 4) is 0 Å². The molecule has 2 rings (SSSR count). The maximum absolute atomic E-state index is 3.51. The van der Waals surface area contributed by atoms with Gasteiger partial charge in [0.1, 0.15) is 0 Å². The predicted octanol–water partition coefficient (Wildman–Crippen LogP) is 1.47. The van der Waals surface area contributed by atoms with Crippen LogP contribution in [0.4, 0.5) is 0 Å². The molecule has 1 aliphatic heterocycles. The van der Waals surface area contributed by atoms with Crippen LogP contribution in [0.3, 0.4) is 0 Å². The largest absolute Gasteiger partial charge is 0.314 e. The van der Waals surface area contributed by atoms with Gasteiger partial charge in [-0.2, -0.15) is 0 Å². The van der Waals surface area contributed by atoms with Crippen LogP contribution in [0.1, 0.15) is 32.6 Å². The van der Waals surface area contributed by atoms with Gasteiger partial charge >= 0.3 is 0 Å². The Labute approximate surface area is 81.7 Å². The first kappa shape index (κ1) is 9.47. The van der Waals surface area contributed by atoms with Crippen molar-refractivity contribution in [3.05, 3.63) is 0 Å². The van der Waals surface area contributed by atoms with Gasteiger partial charge in [0.25, 0.3) is 0 Å². The van der Waals surface area contributed by atoms with Gasteiger partial charge < -0.3 is 10.2 Å². The van der Waals surface area contributed by atoms with E-state index < -0.39 is 0 Å². The molecule has 0 aromatic rings. The zero-order chi connectivity index (χ0) is 9.26. The summed E-state index contributed by atoms with van der Waals surface area (Å²) in [4.78, 5) is 2.57. The van der Waals surface area contributed by atoms with Crippen molar-refractivity contribution >= 4 is 0 Å². The van der Waals surface area contributed by atoms with Gasteiger partial charge in [-0.1, -0.05) is 0 Å². The van der Waals surface area contributed by atoms with Crippen LogP contribution < -0.4 is 5.32 Å². The molecule has 1 N–H and O–H groups in total. The second kappa shape index (κ2) is 3.97. The van der Waals surface area contributed by atoms with Crippen molar-refractivity contribution in [3.63, 3.8) is 0 Å². The molecule has 2 aliphatic rings. The smallest absolute Gasteiger partial charge is 0.00934 e. The lowest BCUT2D eigenvalue weighted by Crippen LogP contribution is -2.40. The summed E-state index contributed by atoms with van der Waals surface area (Å²) >= 11 is 0. The second-order valence-corrected chi connectivity index (χ2v) is 4.92. The number of hydrogen-bond donors (Lipinski definition) is 1. The van der Waals surface area contributed by atoms with Gasteiger partial charge in [-0.15, -0.1) is 0 Å². The van der Waals surface area contributed by atoms with Gasteiger partial charge in [0, 0.05) is 18.6 Å². The third kappa shape index (κ3) is 2.68.